The Morgan fingerprint density at radius 3 is 2.50 bits per heavy atom. The summed E-state index contributed by atoms with van der Waals surface area (Å²) in [5, 5.41) is 7.22. The van der Waals surface area contributed by atoms with Crippen molar-refractivity contribution in [3.63, 3.8) is 0 Å². The van der Waals surface area contributed by atoms with Crippen LogP contribution in [0.4, 0.5) is 0 Å². The topological polar surface area (TPSA) is 46.9 Å². The van der Waals surface area contributed by atoms with Crippen LogP contribution in [0.25, 0.3) is 0 Å². The Morgan fingerprint density at radius 1 is 1.35 bits per heavy atom. The minimum atomic E-state index is -0.0537. The number of rotatable bonds is 4. The van der Waals surface area contributed by atoms with E-state index in [1.165, 1.54) is 5.56 Å². The van der Waals surface area contributed by atoms with Gasteiger partial charge < -0.3 is 5.32 Å². The van der Waals surface area contributed by atoms with Crippen LogP contribution in [0.3, 0.4) is 0 Å². The van der Waals surface area contributed by atoms with Crippen LogP contribution in [0.1, 0.15) is 47.1 Å². The smallest absolute Gasteiger partial charge is 0.251 e. The van der Waals surface area contributed by atoms with Gasteiger partial charge in [-0.15, -0.1) is 0 Å². The van der Waals surface area contributed by atoms with E-state index in [-0.39, 0.29) is 11.9 Å². The van der Waals surface area contributed by atoms with Crippen LogP contribution in [0, 0.1) is 6.92 Å². The molecule has 0 fully saturated rings. The minimum absolute atomic E-state index is 0.0524. The summed E-state index contributed by atoms with van der Waals surface area (Å²) in [5.74, 6) is -0.0524. The molecule has 1 aromatic carbocycles. The van der Waals surface area contributed by atoms with Crippen LogP contribution < -0.4 is 5.32 Å². The van der Waals surface area contributed by atoms with Gasteiger partial charge in [0.15, 0.2) is 0 Å². The number of nitrogens with zero attached hydrogens (tertiary/aromatic N) is 2. The summed E-state index contributed by atoms with van der Waals surface area (Å²) in [6.07, 6.45) is 2.79. The summed E-state index contributed by atoms with van der Waals surface area (Å²) < 4.78 is 1.81. The van der Waals surface area contributed by atoms with Crippen molar-refractivity contribution >= 4 is 5.91 Å². The molecule has 0 aliphatic carbocycles. The molecule has 1 atom stereocenters. The molecule has 106 valence electrons. The van der Waals surface area contributed by atoms with Crippen molar-refractivity contribution in [3.8, 4) is 0 Å². The summed E-state index contributed by atoms with van der Waals surface area (Å²) in [5.41, 5.74) is 4.04. The zero-order valence-corrected chi connectivity index (χ0v) is 12.5. The highest BCUT2D eigenvalue weighted by Gasteiger charge is 2.15. The summed E-state index contributed by atoms with van der Waals surface area (Å²) in [4.78, 5) is 12.2. The maximum Gasteiger partial charge on any atom is 0.251 e. The van der Waals surface area contributed by atoms with E-state index < -0.39 is 0 Å². The molecular formula is C16H21N3O. The van der Waals surface area contributed by atoms with Gasteiger partial charge in [-0.05, 0) is 38.0 Å². The first-order chi connectivity index (χ1) is 9.52. The van der Waals surface area contributed by atoms with E-state index in [2.05, 4.69) is 17.3 Å². The Hall–Kier alpha value is -2.10. The zero-order chi connectivity index (χ0) is 14.7. The molecule has 0 aliphatic heterocycles. The Bertz CT molecular complexity index is 599. The SMILES string of the molecule is CCc1ccc(C(=O)NC(C)c2cnn(C)c2C)cc1. The van der Waals surface area contributed by atoms with Crippen molar-refractivity contribution in [2.45, 2.75) is 33.2 Å². The van der Waals surface area contributed by atoms with Gasteiger partial charge in [-0.3, -0.25) is 9.48 Å². The molecule has 20 heavy (non-hydrogen) atoms. The van der Waals surface area contributed by atoms with Gasteiger partial charge in [0.05, 0.1) is 12.2 Å². The highest BCUT2D eigenvalue weighted by molar-refractivity contribution is 5.94. The first-order valence-electron chi connectivity index (χ1n) is 6.91. The third-order valence-corrected chi connectivity index (χ3v) is 3.71. The van der Waals surface area contributed by atoms with Crippen LogP contribution in [0.5, 0.6) is 0 Å². The second kappa shape index (κ2) is 5.90. The number of aryl methyl sites for hydroxylation is 2. The molecule has 0 saturated carbocycles. The highest BCUT2D eigenvalue weighted by atomic mass is 16.1. The van der Waals surface area contributed by atoms with Crippen LogP contribution in [0.15, 0.2) is 30.5 Å². The normalized spacial score (nSPS) is 12.2. The molecule has 0 aliphatic rings. The maximum absolute atomic E-state index is 12.2. The molecule has 4 heteroatoms. The number of carbonyl (C=O) groups excluding carboxylic acids is 1. The van der Waals surface area contributed by atoms with Gasteiger partial charge >= 0.3 is 0 Å². The number of aromatic nitrogens is 2. The summed E-state index contributed by atoms with van der Waals surface area (Å²) in [7, 11) is 1.90. The summed E-state index contributed by atoms with van der Waals surface area (Å²) in [6, 6.07) is 7.68. The number of benzene rings is 1. The Labute approximate surface area is 119 Å². The summed E-state index contributed by atoms with van der Waals surface area (Å²) in [6.45, 7) is 6.08. The fraction of sp³-hybridized carbons (Fsp3) is 0.375. The second-order valence-electron chi connectivity index (χ2n) is 5.05. The average molecular weight is 271 g/mol. The third kappa shape index (κ3) is 2.90. The van der Waals surface area contributed by atoms with Crippen LogP contribution in [-0.4, -0.2) is 15.7 Å². The highest BCUT2D eigenvalue weighted by Crippen LogP contribution is 2.16. The minimum Gasteiger partial charge on any atom is -0.345 e. The Balaban J connectivity index is 2.08. The number of hydrogen-bond acceptors (Lipinski definition) is 2. The van der Waals surface area contributed by atoms with Crippen molar-refractivity contribution in [3.05, 3.63) is 52.8 Å². The van der Waals surface area contributed by atoms with Crippen molar-refractivity contribution < 1.29 is 4.79 Å². The number of amides is 1. The second-order valence-corrected chi connectivity index (χ2v) is 5.05. The Morgan fingerprint density at radius 2 is 2.00 bits per heavy atom. The molecule has 1 N–H and O–H groups in total. The van der Waals surface area contributed by atoms with Crippen molar-refractivity contribution in [1.82, 2.24) is 15.1 Å². The number of hydrogen-bond donors (Lipinski definition) is 1. The lowest BCUT2D eigenvalue weighted by Crippen LogP contribution is -2.26. The van der Waals surface area contributed by atoms with Crippen LogP contribution >= 0.6 is 0 Å². The fourth-order valence-electron chi connectivity index (χ4n) is 2.19. The first-order valence-corrected chi connectivity index (χ1v) is 6.91. The molecule has 0 radical (unpaired) electrons. The molecule has 1 aromatic heterocycles. The molecule has 2 aromatic rings. The standard InChI is InChI=1S/C16H21N3O/c1-5-13-6-8-14(9-7-13)16(20)18-11(2)15-10-17-19(4)12(15)3/h6-11H,5H2,1-4H3,(H,18,20). The number of carbonyl (C=O) groups is 1. The molecule has 2 rings (SSSR count). The summed E-state index contributed by atoms with van der Waals surface area (Å²) >= 11 is 0. The zero-order valence-electron chi connectivity index (χ0n) is 12.5. The third-order valence-electron chi connectivity index (χ3n) is 3.71. The molecule has 1 heterocycles. The largest absolute Gasteiger partial charge is 0.345 e. The van der Waals surface area contributed by atoms with Crippen molar-refractivity contribution in [2.75, 3.05) is 0 Å². The fourth-order valence-corrected chi connectivity index (χ4v) is 2.19. The lowest BCUT2D eigenvalue weighted by atomic mass is 10.1. The monoisotopic (exact) mass is 271 g/mol. The van der Waals surface area contributed by atoms with Gasteiger partial charge in [-0.1, -0.05) is 19.1 Å². The van der Waals surface area contributed by atoms with Crippen LogP contribution in [-0.2, 0) is 13.5 Å². The van der Waals surface area contributed by atoms with Gasteiger partial charge in [0.2, 0.25) is 0 Å². The average Bonchev–Trinajstić information content (AvgIpc) is 2.79. The first kappa shape index (κ1) is 14.3. The number of nitrogens with one attached hydrogen (secondary N) is 1. The van der Waals surface area contributed by atoms with E-state index in [9.17, 15) is 4.79 Å². The maximum atomic E-state index is 12.2. The van der Waals surface area contributed by atoms with E-state index in [1.54, 1.807) is 6.20 Å². The van der Waals surface area contributed by atoms with Crippen molar-refractivity contribution in [1.29, 1.82) is 0 Å². The Kier molecular flexibility index (Phi) is 4.23. The van der Waals surface area contributed by atoms with E-state index in [1.807, 2.05) is 49.8 Å². The predicted octanol–water partition coefficient (Wildman–Crippen LogP) is 2.78. The molecule has 1 unspecified atom stereocenters. The lowest BCUT2D eigenvalue weighted by molar-refractivity contribution is 0.0940. The van der Waals surface area contributed by atoms with Crippen molar-refractivity contribution in [2.24, 2.45) is 7.05 Å². The van der Waals surface area contributed by atoms with Gasteiger partial charge in [0.25, 0.3) is 5.91 Å². The molecule has 4 nitrogen and oxygen atoms in total. The molecule has 1 amide bonds. The quantitative estimate of drug-likeness (QED) is 0.929. The predicted molar refractivity (Wildman–Crippen MR) is 79.6 cm³/mol. The van der Waals surface area contributed by atoms with Gasteiger partial charge in [0, 0.05) is 23.9 Å². The van der Waals surface area contributed by atoms with E-state index in [0.29, 0.717) is 5.56 Å². The molecular weight excluding hydrogens is 250 g/mol. The van der Waals surface area contributed by atoms with Gasteiger partial charge in [0.1, 0.15) is 0 Å². The lowest BCUT2D eigenvalue weighted by Gasteiger charge is -2.14. The van der Waals surface area contributed by atoms with E-state index in [4.69, 9.17) is 0 Å². The van der Waals surface area contributed by atoms with Gasteiger partial charge in [-0.25, -0.2) is 0 Å². The van der Waals surface area contributed by atoms with Crippen LogP contribution in [0.2, 0.25) is 0 Å². The van der Waals surface area contributed by atoms with E-state index in [0.717, 1.165) is 17.7 Å². The molecule has 0 spiro atoms. The van der Waals surface area contributed by atoms with E-state index >= 15 is 0 Å². The van der Waals surface area contributed by atoms with Gasteiger partial charge in [-0.2, -0.15) is 5.10 Å². The molecule has 0 saturated heterocycles. The molecule has 0 bridgehead atoms.